The Balaban J connectivity index is 1.95. The molecular weight excluding hydrogens is 298 g/mol. The summed E-state index contributed by atoms with van der Waals surface area (Å²) >= 11 is 0. The highest BCUT2D eigenvalue weighted by Crippen LogP contribution is 2.38. The van der Waals surface area contributed by atoms with E-state index in [-0.39, 0.29) is 29.4 Å². The van der Waals surface area contributed by atoms with Gasteiger partial charge in [0.15, 0.2) is 5.69 Å². The standard InChI is InChI=1S/C16H25N3O4/c1-4-22-15(21)12-9-13(23-18-12)14(20)17-10-16(11-19(2)3)7-5-6-8-16/h9H,4-8,10-11H2,1-3H3,(H,17,20). The predicted molar refractivity (Wildman–Crippen MR) is 84.2 cm³/mol. The van der Waals surface area contributed by atoms with Gasteiger partial charge in [-0.3, -0.25) is 4.79 Å². The number of rotatable bonds is 7. The fraction of sp³-hybridized carbons (Fsp3) is 0.688. The van der Waals surface area contributed by atoms with E-state index < -0.39 is 5.97 Å². The van der Waals surface area contributed by atoms with E-state index in [1.54, 1.807) is 6.92 Å². The molecule has 0 radical (unpaired) electrons. The van der Waals surface area contributed by atoms with Crippen LogP contribution in [-0.2, 0) is 4.74 Å². The fourth-order valence-corrected chi connectivity index (χ4v) is 3.22. The third-order valence-corrected chi connectivity index (χ3v) is 4.16. The van der Waals surface area contributed by atoms with Gasteiger partial charge in [-0.15, -0.1) is 0 Å². The normalized spacial score (nSPS) is 16.5. The molecule has 1 aliphatic rings. The summed E-state index contributed by atoms with van der Waals surface area (Å²) < 4.78 is 9.77. The van der Waals surface area contributed by atoms with Gasteiger partial charge in [-0.2, -0.15) is 0 Å². The Morgan fingerprint density at radius 2 is 2.09 bits per heavy atom. The van der Waals surface area contributed by atoms with Crippen LogP contribution in [0.3, 0.4) is 0 Å². The maximum Gasteiger partial charge on any atom is 0.360 e. The van der Waals surface area contributed by atoms with Gasteiger partial charge in [-0.25, -0.2) is 4.79 Å². The first kappa shape index (κ1) is 17.5. The van der Waals surface area contributed by atoms with Gasteiger partial charge in [0.2, 0.25) is 5.76 Å². The van der Waals surface area contributed by atoms with E-state index in [0.717, 1.165) is 19.4 Å². The summed E-state index contributed by atoms with van der Waals surface area (Å²) in [5.41, 5.74) is 0.129. The molecule has 0 spiro atoms. The molecule has 1 aliphatic carbocycles. The van der Waals surface area contributed by atoms with Crippen LogP contribution in [0.1, 0.15) is 53.7 Å². The van der Waals surface area contributed by atoms with E-state index in [1.165, 1.54) is 18.9 Å². The maximum atomic E-state index is 12.2. The van der Waals surface area contributed by atoms with Crippen LogP contribution in [0.15, 0.2) is 10.6 Å². The lowest BCUT2D eigenvalue weighted by Crippen LogP contribution is -2.42. The SMILES string of the molecule is CCOC(=O)c1cc(C(=O)NCC2(CN(C)C)CCCC2)on1. The summed E-state index contributed by atoms with van der Waals surface area (Å²) in [6, 6.07) is 1.32. The van der Waals surface area contributed by atoms with E-state index in [0.29, 0.717) is 6.54 Å². The summed E-state index contributed by atoms with van der Waals surface area (Å²) in [6.45, 7) is 3.49. The largest absolute Gasteiger partial charge is 0.461 e. The molecule has 1 fully saturated rings. The minimum absolute atomic E-state index is 0.0147. The molecule has 2 rings (SSSR count). The topological polar surface area (TPSA) is 84.7 Å². The molecule has 1 amide bonds. The Kier molecular flexibility index (Phi) is 5.76. The molecule has 0 unspecified atom stereocenters. The van der Waals surface area contributed by atoms with E-state index in [9.17, 15) is 9.59 Å². The Morgan fingerprint density at radius 1 is 1.39 bits per heavy atom. The number of carbonyl (C=O) groups excluding carboxylic acids is 2. The minimum atomic E-state index is -0.588. The maximum absolute atomic E-state index is 12.2. The number of carbonyl (C=O) groups is 2. The second kappa shape index (κ2) is 7.59. The number of hydrogen-bond acceptors (Lipinski definition) is 6. The van der Waals surface area contributed by atoms with Gasteiger partial charge in [0.25, 0.3) is 5.91 Å². The lowest BCUT2D eigenvalue weighted by atomic mass is 9.85. The smallest absolute Gasteiger partial charge is 0.360 e. The summed E-state index contributed by atoms with van der Waals surface area (Å²) in [5, 5.41) is 6.50. The molecule has 1 heterocycles. The molecule has 1 aromatic rings. The predicted octanol–water partition coefficient (Wildman–Crippen LogP) is 1.70. The molecule has 0 aromatic carbocycles. The third-order valence-electron chi connectivity index (χ3n) is 4.16. The zero-order valence-corrected chi connectivity index (χ0v) is 14.1. The fourth-order valence-electron chi connectivity index (χ4n) is 3.22. The first-order chi connectivity index (χ1) is 11.0. The van der Waals surface area contributed by atoms with Crippen LogP contribution in [0.2, 0.25) is 0 Å². The lowest BCUT2D eigenvalue weighted by molar-refractivity contribution is 0.0514. The van der Waals surface area contributed by atoms with Crippen molar-refractivity contribution < 1.29 is 18.8 Å². The highest BCUT2D eigenvalue weighted by Gasteiger charge is 2.35. The van der Waals surface area contributed by atoms with Crippen molar-refractivity contribution in [3.63, 3.8) is 0 Å². The second-order valence-electron chi connectivity index (χ2n) is 6.42. The summed E-state index contributed by atoms with van der Waals surface area (Å²) in [5.74, 6) is -0.903. The van der Waals surface area contributed by atoms with Gasteiger partial charge in [0.05, 0.1) is 6.61 Å². The van der Waals surface area contributed by atoms with Crippen molar-refractivity contribution in [2.75, 3.05) is 33.8 Å². The monoisotopic (exact) mass is 323 g/mol. The zero-order chi connectivity index (χ0) is 16.9. The Bertz CT molecular complexity index is 547. The number of ether oxygens (including phenoxy) is 1. The number of hydrogen-bond donors (Lipinski definition) is 1. The molecule has 0 aliphatic heterocycles. The van der Waals surface area contributed by atoms with Crippen molar-refractivity contribution in [2.24, 2.45) is 5.41 Å². The van der Waals surface area contributed by atoms with Crippen molar-refractivity contribution in [3.8, 4) is 0 Å². The van der Waals surface area contributed by atoms with E-state index in [4.69, 9.17) is 9.26 Å². The molecule has 0 saturated heterocycles. The number of amides is 1. The van der Waals surface area contributed by atoms with Gasteiger partial charge in [-0.05, 0) is 33.9 Å². The molecule has 1 aromatic heterocycles. The van der Waals surface area contributed by atoms with Crippen molar-refractivity contribution >= 4 is 11.9 Å². The van der Waals surface area contributed by atoms with Gasteiger partial charge < -0.3 is 19.5 Å². The van der Waals surface area contributed by atoms with Crippen LogP contribution in [0.25, 0.3) is 0 Å². The molecule has 1 N–H and O–H groups in total. The lowest BCUT2D eigenvalue weighted by Gasteiger charge is -2.32. The van der Waals surface area contributed by atoms with Crippen molar-refractivity contribution in [3.05, 3.63) is 17.5 Å². The molecule has 0 bridgehead atoms. The van der Waals surface area contributed by atoms with Crippen molar-refractivity contribution in [2.45, 2.75) is 32.6 Å². The number of esters is 1. The number of nitrogens with zero attached hydrogens (tertiary/aromatic N) is 2. The van der Waals surface area contributed by atoms with Crippen LogP contribution in [0.5, 0.6) is 0 Å². The molecule has 1 saturated carbocycles. The van der Waals surface area contributed by atoms with Gasteiger partial charge >= 0.3 is 5.97 Å². The van der Waals surface area contributed by atoms with Crippen molar-refractivity contribution in [1.29, 1.82) is 0 Å². The number of aromatic nitrogens is 1. The quantitative estimate of drug-likeness (QED) is 0.769. The van der Waals surface area contributed by atoms with E-state index >= 15 is 0 Å². The van der Waals surface area contributed by atoms with Crippen LogP contribution in [-0.4, -0.2) is 55.7 Å². The Hall–Kier alpha value is -1.89. The van der Waals surface area contributed by atoms with E-state index in [2.05, 4.69) is 15.4 Å². The minimum Gasteiger partial charge on any atom is -0.461 e. The summed E-state index contributed by atoms with van der Waals surface area (Å²) in [7, 11) is 4.09. The van der Waals surface area contributed by atoms with Crippen LogP contribution >= 0.6 is 0 Å². The summed E-state index contributed by atoms with van der Waals surface area (Å²) in [4.78, 5) is 25.9. The van der Waals surface area contributed by atoms with Gasteiger partial charge in [-0.1, -0.05) is 18.0 Å². The van der Waals surface area contributed by atoms with Crippen LogP contribution < -0.4 is 5.32 Å². The first-order valence-electron chi connectivity index (χ1n) is 8.02. The Labute approximate surface area is 136 Å². The summed E-state index contributed by atoms with van der Waals surface area (Å²) in [6.07, 6.45) is 4.60. The molecule has 128 valence electrons. The van der Waals surface area contributed by atoms with E-state index in [1.807, 2.05) is 14.1 Å². The first-order valence-corrected chi connectivity index (χ1v) is 8.02. The Morgan fingerprint density at radius 3 is 2.70 bits per heavy atom. The molecule has 7 nitrogen and oxygen atoms in total. The van der Waals surface area contributed by atoms with Crippen LogP contribution in [0.4, 0.5) is 0 Å². The number of nitrogens with one attached hydrogen (secondary N) is 1. The highest BCUT2D eigenvalue weighted by atomic mass is 16.5. The average Bonchev–Trinajstić information content (AvgIpc) is 3.14. The average molecular weight is 323 g/mol. The second-order valence-corrected chi connectivity index (χ2v) is 6.42. The highest BCUT2D eigenvalue weighted by molar-refractivity contribution is 5.94. The third kappa shape index (κ3) is 4.54. The van der Waals surface area contributed by atoms with Gasteiger partial charge in [0.1, 0.15) is 0 Å². The molecule has 7 heteroatoms. The van der Waals surface area contributed by atoms with Crippen LogP contribution in [0, 0.1) is 5.41 Å². The molecule has 23 heavy (non-hydrogen) atoms. The molecule has 0 atom stereocenters. The zero-order valence-electron chi connectivity index (χ0n) is 14.1. The van der Waals surface area contributed by atoms with Crippen molar-refractivity contribution in [1.82, 2.24) is 15.4 Å². The molecular formula is C16H25N3O4. The van der Waals surface area contributed by atoms with Gasteiger partial charge in [0, 0.05) is 24.6 Å².